The number of fused-ring (bicyclic) bond motifs is 3. The number of carbonyl (C=O) groups is 5. The van der Waals surface area contributed by atoms with Gasteiger partial charge in [0.15, 0.2) is 34.7 Å². The van der Waals surface area contributed by atoms with Gasteiger partial charge in [-0.2, -0.15) is 0 Å². The molecule has 0 radical (unpaired) electrons. The highest BCUT2D eigenvalue weighted by Crippen LogP contribution is 2.53. The van der Waals surface area contributed by atoms with Gasteiger partial charge in [-0.3, -0.25) is 24.0 Å². The standard InChI is InChI=1S/C32H38N2O7/c1-14(2)22-20-12-17-11-19-18(16-7-6-15(10-16)13-34-31(3,4)5)8-9-21(35)24(19)27(37)23(17)28(38)32(20,41)29(39)25(26(22)36)30(33)40/h6-9,14,17,20,22-23,25,34-35,41H,10-13H2,1-5H3,(H2,33,40)/t17-,20-,22-,23?,25?,32-/m0/s1. The van der Waals surface area contributed by atoms with Crippen molar-refractivity contribution in [2.45, 2.75) is 65.0 Å². The van der Waals surface area contributed by atoms with Gasteiger partial charge in [0, 0.05) is 23.9 Å². The summed E-state index contributed by atoms with van der Waals surface area (Å²) in [5, 5.41) is 26.0. The van der Waals surface area contributed by atoms with Crippen LogP contribution in [0.3, 0.4) is 0 Å². The highest BCUT2D eigenvalue weighted by atomic mass is 16.3. The second-order valence-electron chi connectivity index (χ2n) is 13.4. The van der Waals surface area contributed by atoms with Crippen molar-refractivity contribution in [3.63, 3.8) is 0 Å². The van der Waals surface area contributed by atoms with Crippen LogP contribution in [-0.2, 0) is 25.6 Å². The van der Waals surface area contributed by atoms with Crippen LogP contribution >= 0.6 is 0 Å². The predicted octanol–water partition coefficient (Wildman–Crippen LogP) is 2.31. The molecule has 0 spiro atoms. The molecule has 0 aromatic heterocycles. The minimum atomic E-state index is -2.68. The second kappa shape index (κ2) is 9.84. The number of carbonyl (C=O) groups excluding carboxylic acids is 5. The molecule has 5 N–H and O–H groups in total. The van der Waals surface area contributed by atoms with Gasteiger partial charge < -0.3 is 21.3 Å². The number of aromatic hydroxyl groups is 1. The van der Waals surface area contributed by atoms with Crippen LogP contribution in [0.1, 0.15) is 68.9 Å². The summed E-state index contributed by atoms with van der Waals surface area (Å²) in [6.45, 7) is 10.4. The molecule has 6 atom stereocenters. The van der Waals surface area contributed by atoms with Gasteiger partial charge in [-0.1, -0.05) is 37.6 Å². The number of primary amides is 1. The fourth-order valence-electron chi connectivity index (χ4n) is 7.42. The van der Waals surface area contributed by atoms with E-state index in [2.05, 4.69) is 26.1 Å². The molecular weight excluding hydrogens is 524 g/mol. The van der Waals surface area contributed by atoms with Crippen LogP contribution < -0.4 is 11.1 Å². The monoisotopic (exact) mass is 562 g/mol. The Kier molecular flexibility index (Phi) is 6.98. The van der Waals surface area contributed by atoms with E-state index in [0.29, 0.717) is 18.5 Å². The number of phenols is 1. The number of amides is 1. The van der Waals surface area contributed by atoms with E-state index in [-0.39, 0.29) is 35.6 Å². The largest absolute Gasteiger partial charge is 0.507 e. The van der Waals surface area contributed by atoms with Crippen molar-refractivity contribution in [2.75, 3.05) is 6.54 Å². The highest BCUT2D eigenvalue weighted by molar-refractivity contribution is 6.32. The molecule has 1 aromatic rings. The Hall–Kier alpha value is -3.43. The lowest BCUT2D eigenvalue weighted by Gasteiger charge is -2.52. The average Bonchev–Trinajstić information content (AvgIpc) is 3.33. The van der Waals surface area contributed by atoms with E-state index in [1.807, 2.05) is 12.2 Å². The number of rotatable bonds is 5. The van der Waals surface area contributed by atoms with Crippen molar-refractivity contribution in [2.24, 2.45) is 41.2 Å². The van der Waals surface area contributed by atoms with Crippen LogP contribution in [0.15, 0.2) is 29.9 Å². The number of hydrogen-bond donors (Lipinski definition) is 4. The summed E-state index contributed by atoms with van der Waals surface area (Å²) < 4.78 is 0. The maximum absolute atomic E-state index is 14.0. The molecule has 4 aliphatic carbocycles. The van der Waals surface area contributed by atoms with Crippen molar-refractivity contribution in [1.82, 2.24) is 5.32 Å². The Morgan fingerprint density at radius 1 is 1.12 bits per heavy atom. The molecule has 1 aromatic carbocycles. The molecule has 0 aliphatic heterocycles. The first-order chi connectivity index (χ1) is 19.1. The predicted molar refractivity (Wildman–Crippen MR) is 151 cm³/mol. The third-order valence-electron chi connectivity index (χ3n) is 9.33. The summed E-state index contributed by atoms with van der Waals surface area (Å²) in [6, 6.07) is 3.22. The first-order valence-electron chi connectivity index (χ1n) is 14.2. The SMILES string of the molecule is CC(C)[C@@H]1C(=O)C(C(N)=O)C(=O)[C@@]2(O)C(=O)C3C(=O)c4c(O)ccc(C5=CC=C(CNC(C)(C)C)C5)c4C[C@H]3C[C@@H]12. The van der Waals surface area contributed by atoms with Crippen molar-refractivity contribution < 1.29 is 34.2 Å². The minimum absolute atomic E-state index is 0.0208. The molecule has 2 saturated carbocycles. The van der Waals surface area contributed by atoms with Gasteiger partial charge in [0.05, 0.1) is 11.5 Å². The van der Waals surface area contributed by atoms with E-state index in [0.717, 1.165) is 11.1 Å². The van der Waals surface area contributed by atoms with Crippen molar-refractivity contribution in [1.29, 1.82) is 0 Å². The molecule has 2 fully saturated rings. The molecule has 9 nitrogen and oxygen atoms in total. The third-order valence-corrected chi connectivity index (χ3v) is 9.33. The van der Waals surface area contributed by atoms with E-state index < -0.39 is 64.2 Å². The number of phenolic OH excluding ortho intramolecular Hbond substituents is 1. The summed E-state index contributed by atoms with van der Waals surface area (Å²) >= 11 is 0. The van der Waals surface area contributed by atoms with Gasteiger partial charge in [0.1, 0.15) is 5.75 Å². The van der Waals surface area contributed by atoms with Crippen molar-refractivity contribution >= 4 is 34.6 Å². The third kappa shape index (κ3) is 4.50. The Morgan fingerprint density at radius 3 is 2.41 bits per heavy atom. The number of nitrogens with one attached hydrogen (secondary N) is 1. The summed E-state index contributed by atoms with van der Waals surface area (Å²) in [6.07, 6.45) is 5.04. The molecular formula is C32H38N2O7. The van der Waals surface area contributed by atoms with Gasteiger partial charge in [-0.05, 0) is 74.6 Å². The van der Waals surface area contributed by atoms with Crippen molar-refractivity contribution in [3.05, 3.63) is 46.5 Å². The molecule has 9 heteroatoms. The van der Waals surface area contributed by atoms with Gasteiger partial charge >= 0.3 is 0 Å². The fraction of sp³-hybridized carbons (Fsp3) is 0.531. The number of ketones is 4. The highest BCUT2D eigenvalue weighted by Gasteiger charge is 2.69. The fourth-order valence-corrected chi connectivity index (χ4v) is 7.42. The lowest BCUT2D eigenvalue weighted by Crippen LogP contribution is -2.71. The minimum Gasteiger partial charge on any atom is -0.507 e. The summed E-state index contributed by atoms with van der Waals surface area (Å²) in [4.78, 5) is 66.8. The van der Waals surface area contributed by atoms with Crippen LogP contribution in [0.5, 0.6) is 5.75 Å². The first-order valence-corrected chi connectivity index (χ1v) is 14.2. The second-order valence-corrected chi connectivity index (χ2v) is 13.4. The van der Waals surface area contributed by atoms with E-state index >= 15 is 0 Å². The smallest absolute Gasteiger partial charge is 0.235 e. The maximum Gasteiger partial charge on any atom is 0.235 e. The number of Topliss-reactive ketones (excluding diaryl/α,β-unsaturated/α-hetero) is 4. The Morgan fingerprint density at radius 2 is 1.80 bits per heavy atom. The summed E-state index contributed by atoms with van der Waals surface area (Å²) in [5.74, 6) is -11.4. The van der Waals surface area contributed by atoms with Crippen LogP contribution in [-0.4, -0.2) is 56.9 Å². The number of allylic oxidation sites excluding steroid dienone is 3. The zero-order valence-corrected chi connectivity index (χ0v) is 24.1. The molecule has 0 saturated heterocycles. The van der Waals surface area contributed by atoms with Gasteiger partial charge in [0.2, 0.25) is 5.91 Å². The van der Waals surface area contributed by atoms with E-state index in [4.69, 9.17) is 5.73 Å². The topological polar surface area (TPSA) is 164 Å². The molecule has 0 heterocycles. The summed E-state index contributed by atoms with van der Waals surface area (Å²) in [7, 11) is 0. The first kappa shape index (κ1) is 29.1. The quantitative estimate of drug-likeness (QED) is 0.397. The number of hydrogen-bond acceptors (Lipinski definition) is 8. The van der Waals surface area contributed by atoms with Gasteiger partial charge in [-0.25, -0.2) is 0 Å². The zero-order valence-electron chi connectivity index (χ0n) is 24.1. The van der Waals surface area contributed by atoms with Gasteiger partial charge in [-0.15, -0.1) is 0 Å². The van der Waals surface area contributed by atoms with Crippen molar-refractivity contribution in [3.8, 4) is 5.75 Å². The van der Waals surface area contributed by atoms with E-state index in [9.17, 15) is 34.2 Å². The number of nitrogens with two attached hydrogens (primary N) is 1. The number of benzene rings is 1. The van der Waals surface area contributed by atoms with E-state index in [1.54, 1.807) is 19.9 Å². The zero-order chi connectivity index (χ0) is 30.2. The van der Waals surface area contributed by atoms with Crippen LogP contribution in [0.4, 0.5) is 0 Å². The Labute approximate surface area is 239 Å². The van der Waals surface area contributed by atoms with Crippen LogP contribution in [0.25, 0.3) is 5.57 Å². The Balaban J connectivity index is 1.53. The molecule has 218 valence electrons. The molecule has 4 aliphatic rings. The van der Waals surface area contributed by atoms with Gasteiger partial charge in [0.25, 0.3) is 0 Å². The number of aliphatic hydroxyl groups is 1. The molecule has 0 bridgehead atoms. The van der Waals surface area contributed by atoms with E-state index in [1.165, 1.54) is 11.6 Å². The molecule has 5 rings (SSSR count). The Bertz CT molecular complexity index is 1450. The summed E-state index contributed by atoms with van der Waals surface area (Å²) in [5.41, 5.74) is 6.28. The molecule has 41 heavy (non-hydrogen) atoms. The normalized spacial score (nSPS) is 31.4. The van der Waals surface area contributed by atoms with Crippen LogP contribution in [0.2, 0.25) is 0 Å². The average molecular weight is 563 g/mol. The molecule has 1 amide bonds. The lowest BCUT2D eigenvalue weighted by atomic mass is 9.49. The maximum atomic E-state index is 14.0. The molecule has 2 unspecified atom stereocenters. The van der Waals surface area contributed by atoms with Crippen LogP contribution in [0, 0.1) is 35.5 Å². The lowest BCUT2D eigenvalue weighted by molar-refractivity contribution is -0.182.